The maximum atomic E-state index is 12.2. The third-order valence-electron chi connectivity index (χ3n) is 2.52. The van der Waals surface area contributed by atoms with Gasteiger partial charge in [-0.15, -0.1) is 6.58 Å². The van der Waals surface area contributed by atoms with E-state index in [1.807, 2.05) is 0 Å². The van der Waals surface area contributed by atoms with Gasteiger partial charge in [-0.1, -0.05) is 13.0 Å². The molecular weight excluding hydrogens is 314 g/mol. The highest BCUT2D eigenvalue weighted by Gasteiger charge is 2.23. The van der Waals surface area contributed by atoms with E-state index in [-0.39, 0.29) is 24.2 Å². The van der Waals surface area contributed by atoms with Gasteiger partial charge in [0.25, 0.3) is 5.91 Å². The van der Waals surface area contributed by atoms with Gasteiger partial charge in [0.05, 0.1) is 13.0 Å². The Hall–Kier alpha value is -1.56. The molecule has 1 rings (SSSR count). The molecule has 1 aromatic heterocycles. The molecule has 0 spiro atoms. The van der Waals surface area contributed by atoms with Gasteiger partial charge in [0.2, 0.25) is 0 Å². The Labute approximate surface area is 120 Å². The van der Waals surface area contributed by atoms with Gasteiger partial charge in [-0.3, -0.25) is 9.59 Å². The zero-order valence-corrected chi connectivity index (χ0v) is 12.5. The normalized spacial score (nSPS) is 11.7. The predicted octanol–water partition coefficient (Wildman–Crippen LogP) is 2.48. The van der Waals surface area contributed by atoms with Crippen LogP contribution in [0.3, 0.4) is 0 Å². The van der Waals surface area contributed by atoms with Gasteiger partial charge in [0, 0.05) is 13.1 Å². The molecule has 0 aliphatic carbocycles. The quantitative estimate of drug-likeness (QED) is 0.594. The number of ether oxygens (including phenoxy) is 1. The molecule has 0 aliphatic heterocycles. The lowest BCUT2D eigenvalue weighted by atomic mass is 10.1. The van der Waals surface area contributed by atoms with Crippen molar-refractivity contribution in [2.45, 2.75) is 6.92 Å². The molecule has 19 heavy (non-hydrogen) atoms. The Morgan fingerprint density at radius 1 is 1.58 bits per heavy atom. The fraction of sp³-hybridized carbons (Fsp3) is 0.385. The molecule has 1 atom stereocenters. The van der Waals surface area contributed by atoms with E-state index in [2.05, 4.69) is 27.2 Å². The van der Waals surface area contributed by atoms with Crippen LogP contribution in [0.5, 0.6) is 0 Å². The van der Waals surface area contributed by atoms with Crippen molar-refractivity contribution in [2.75, 3.05) is 20.2 Å². The minimum Gasteiger partial charge on any atom is -0.469 e. The second-order valence-corrected chi connectivity index (χ2v) is 4.81. The van der Waals surface area contributed by atoms with Crippen LogP contribution in [0.15, 0.2) is 33.9 Å². The monoisotopic (exact) mass is 329 g/mol. The Bertz CT molecular complexity index is 469. The van der Waals surface area contributed by atoms with Crippen LogP contribution < -0.4 is 0 Å². The van der Waals surface area contributed by atoms with Gasteiger partial charge in [-0.25, -0.2) is 0 Å². The fourth-order valence-electron chi connectivity index (χ4n) is 1.59. The molecular formula is C13H16BrNO4. The molecule has 1 aromatic rings. The lowest BCUT2D eigenvalue weighted by Crippen LogP contribution is -2.37. The summed E-state index contributed by atoms with van der Waals surface area (Å²) in [5.41, 5.74) is 0. The summed E-state index contributed by atoms with van der Waals surface area (Å²) in [6.07, 6.45) is 1.60. The van der Waals surface area contributed by atoms with Crippen LogP contribution in [-0.4, -0.2) is 37.0 Å². The lowest BCUT2D eigenvalue weighted by molar-refractivity contribution is -0.145. The fourth-order valence-corrected chi connectivity index (χ4v) is 1.89. The first-order valence-corrected chi connectivity index (χ1v) is 6.52. The molecule has 0 aliphatic rings. The summed E-state index contributed by atoms with van der Waals surface area (Å²) < 4.78 is 10.3. The van der Waals surface area contributed by atoms with E-state index in [1.165, 1.54) is 12.0 Å². The smallest absolute Gasteiger partial charge is 0.310 e. The molecule has 0 bridgehead atoms. The van der Waals surface area contributed by atoms with Crippen LogP contribution in [0.1, 0.15) is 17.5 Å². The first-order valence-electron chi connectivity index (χ1n) is 5.73. The summed E-state index contributed by atoms with van der Waals surface area (Å²) in [4.78, 5) is 25.1. The summed E-state index contributed by atoms with van der Waals surface area (Å²) in [7, 11) is 1.32. The Kier molecular flexibility index (Phi) is 5.82. The number of nitrogens with zero attached hydrogens (tertiary/aromatic N) is 1. The van der Waals surface area contributed by atoms with Crippen molar-refractivity contribution >= 4 is 27.8 Å². The summed E-state index contributed by atoms with van der Waals surface area (Å²) >= 11 is 3.14. The molecule has 0 N–H and O–H groups in total. The zero-order valence-electron chi connectivity index (χ0n) is 10.9. The Morgan fingerprint density at radius 2 is 2.26 bits per heavy atom. The molecule has 0 saturated heterocycles. The minimum atomic E-state index is -0.410. The lowest BCUT2D eigenvalue weighted by Gasteiger charge is -2.22. The second-order valence-electron chi connectivity index (χ2n) is 4.03. The topological polar surface area (TPSA) is 59.8 Å². The average Bonchev–Trinajstić information content (AvgIpc) is 2.82. The molecule has 0 aromatic carbocycles. The highest BCUT2D eigenvalue weighted by molar-refractivity contribution is 9.10. The van der Waals surface area contributed by atoms with Gasteiger partial charge in [0.15, 0.2) is 10.4 Å². The zero-order chi connectivity index (χ0) is 14.4. The van der Waals surface area contributed by atoms with E-state index in [4.69, 9.17) is 4.42 Å². The van der Waals surface area contributed by atoms with Gasteiger partial charge >= 0.3 is 5.97 Å². The van der Waals surface area contributed by atoms with Crippen molar-refractivity contribution in [2.24, 2.45) is 5.92 Å². The van der Waals surface area contributed by atoms with Crippen molar-refractivity contribution in [3.8, 4) is 0 Å². The molecule has 1 heterocycles. The molecule has 104 valence electrons. The summed E-state index contributed by atoms with van der Waals surface area (Å²) in [5.74, 6) is -0.845. The summed E-state index contributed by atoms with van der Waals surface area (Å²) in [5, 5.41) is 0. The SMILES string of the molecule is C=CCN(CC(C)C(=O)OC)C(=O)c1ccc(Br)o1. The van der Waals surface area contributed by atoms with Crippen molar-refractivity contribution in [3.05, 3.63) is 35.2 Å². The largest absolute Gasteiger partial charge is 0.469 e. The number of furan rings is 1. The summed E-state index contributed by atoms with van der Waals surface area (Å²) in [6.45, 7) is 5.88. The standard InChI is InChI=1S/C13H16BrNO4/c1-4-7-15(8-9(2)13(17)18-3)12(16)10-5-6-11(14)19-10/h4-6,9H,1,7-8H2,2-3H3. The predicted molar refractivity (Wildman–Crippen MR) is 73.7 cm³/mol. The number of carbonyl (C=O) groups is 2. The van der Waals surface area contributed by atoms with Gasteiger partial charge < -0.3 is 14.1 Å². The van der Waals surface area contributed by atoms with Crippen LogP contribution in [0.25, 0.3) is 0 Å². The highest BCUT2D eigenvalue weighted by Crippen LogP contribution is 2.16. The third kappa shape index (κ3) is 4.24. The number of rotatable bonds is 6. The molecule has 5 nitrogen and oxygen atoms in total. The minimum absolute atomic E-state index is 0.214. The number of carbonyl (C=O) groups excluding carboxylic acids is 2. The number of halogens is 1. The van der Waals surface area contributed by atoms with Crippen molar-refractivity contribution in [1.29, 1.82) is 0 Å². The summed E-state index contributed by atoms with van der Waals surface area (Å²) in [6, 6.07) is 3.22. The molecule has 0 fully saturated rings. The van der Waals surface area contributed by atoms with E-state index in [9.17, 15) is 9.59 Å². The van der Waals surface area contributed by atoms with Crippen molar-refractivity contribution < 1.29 is 18.7 Å². The molecule has 6 heteroatoms. The van der Waals surface area contributed by atoms with Crippen LogP contribution >= 0.6 is 15.9 Å². The Balaban J connectivity index is 2.79. The average molecular weight is 330 g/mol. The number of hydrogen-bond donors (Lipinski definition) is 0. The first-order chi connectivity index (χ1) is 8.99. The van der Waals surface area contributed by atoms with Crippen LogP contribution in [0.4, 0.5) is 0 Å². The van der Waals surface area contributed by atoms with E-state index in [0.717, 1.165) is 0 Å². The van der Waals surface area contributed by atoms with Crippen LogP contribution in [0.2, 0.25) is 0 Å². The maximum Gasteiger partial charge on any atom is 0.310 e. The molecule has 0 radical (unpaired) electrons. The van der Waals surface area contributed by atoms with Crippen LogP contribution in [-0.2, 0) is 9.53 Å². The van der Waals surface area contributed by atoms with Gasteiger partial charge in [-0.05, 0) is 28.1 Å². The number of esters is 1. The van der Waals surface area contributed by atoms with E-state index in [0.29, 0.717) is 11.2 Å². The van der Waals surface area contributed by atoms with Crippen molar-refractivity contribution in [3.63, 3.8) is 0 Å². The first kappa shape index (κ1) is 15.5. The second kappa shape index (κ2) is 7.13. The van der Waals surface area contributed by atoms with Gasteiger partial charge in [-0.2, -0.15) is 0 Å². The third-order valence-corrected chi connectivity index (χ3v) is 2.94. The molecule has 1 unspecified atom stereocenters. The highest BCUT2D eigenvalue weighted by atomic mass is 79.9. The maximum absolute atomic E-state index is 12.2. The Morgan fingerprint density at radius 3 is 2.74 bits per heavy atom. The van der Waals surface area contributed by atoms with E-state index >= 15 is 0 Å². The number of hydrogen-bond acceptors (Lipinski definition) is 4. The number of methoxy groups -OCH3 is 1. The molecule has 0 saturated carbocycles. The van der Waals surface area contributed by atoms with Crippen molar-refractivity contribution in [1.82, 2.24) is 4.90 Å². The van der Waals surface area contributed by atoms with Crippen LogP contribution in [0, 0.1) is 5.92 Å². The van der Waals surface area contributed by atoms with E-state index in [1.54, 1.807) is 25.1 Å². The van der Waals surface area contributed by atoms with E-state index < -0.39 is 5.92 Å². The number of amides is 1. The van der Waals surface area contributed by atoms with Gasteiger partial charge in [0.1, 0.15) is 0 Å². The molecule has 1 amide bonds.